The van der Waals surface area contributed by atoms with Gasteiger partial charge in [-0.05, 0) is 42.5 Å². The van der Waals surface area contributed by atoms with E-state index >= 15 is 0 Å². The molecule has 0 saturated carbocycles. The smallest absolute Gasteiger partial charge is 0.185 e. The van der Waals surface area contributed by atoms with Crippen molar-refractivity contribution in [1.82, 2.24) is 0 Å². The minimum Gasteiger partial charge on any atom is -0.496 e. The summed E-state index contributed by atoms with van der Waals surface area (Å²) >= 11 is 3.44. The second-order valence-corrected chi connectivity index (χ2v) is 6.65. The first kappa shape index (κ1) is 17.7. The molecule has 0 unspecified atom stereocenters. The van der Waals surface area contributed by atoms with Crippen molar-refractivity contribution in [1.29, 1.82) is 0 Å². The molecule has 0 aliphatic carbocycles. The summed E-state index contributed by atoms with van der Waals surface area (Å²) in [6, 6.07) is 13.4. The quantitative estimate of drug-likeness (QED) is 0.556. The van der Waals surface area contributed by atoms with E-state index in [1.54, 1.807) is 19.3 Å². The zero-order chi connectivity index (χ0) is 17.6. The molecular formula is C20H20BrNO3. The molecule has 0 aromatic heterocycles. The minimum absolute atomic E-state index is 0.0304. The number of ether oxygens (including phenoxy) is 2. The molecule has 0 atom stereocenters. The van der Waals surface area contributed by atoms with Crippen molar-refractivity contribution in [2.24, 2.45) is 0 Å². The van der Waals surface area contributed by atoms with Gasteiger partial charge in [-0.3, -0.25) is 4.79 Å². The maximum Gasteiger partial charge on any atom is 0.185 e. The monoisotopic (exact) mass is 401 g/mol. The van der Waals surface area contributed by atoms with Crippen LogP contribution in [0.15, 0.2) is 53.0 Å². The molecule has 0 radical (unpaired) electrons. The standard InChI is InChI=1S/C20H20BrNO3/c1-24-20-8-6-17(21)13-16(20)5-7-19(23)15-3-2-4-18(14-15)22-9-11-25-12-10-22/h2-8,13-14H,9-12H2,1H3. The minimum atomic E-state index is -0.0304. The number of halogens is 1. The zero-order valence-corrected chi connectivity index (χ0v) is 15.7. The maximum absolute atomic E-state index is 12.6. The van der Waals surface area contributed by atoms with Crippen molar-refractivity contribution < 1.29 is 14.3 Å². The molecule has 4 nitrogen and oxygen atoms in total. The summed E-state index contributed by atoms with van der Waals surface area (Å²) in [4.78, 5) is 14.8. The highest BCUT2D eigenvalue weighted by Gasteiger charge is 2.12. The van der Waals surface area contributed by atoms with Gasteiger partial charge < -0.3 is 14.4 Å². The number of nitrogens with zero attached hydrogens (tertiary/aromatic N) is 1. The molecular weight excluding hydrogens is 382 g/mol. The number of allylic oxidation sites excluding steroid dienone is 1. The van der Waals surface area contributed by atoms with E-state index in [1.807, 2.05) is 42.5 Å². The third kappa shape index (κ3) is 4.50. The first-order chi connectivity index (χ1) is 12.2. The second-order valence-electron chi connectivity index (χ2n) is 5.73. The Morgan fingerprint density at radius 2 is 2.00 bits per heavy atom. The zero-order valence-electron chi connectivity index (χ0n) is 14.1. The van der Waals surface area contributed by atoms with Crippen molar-refractivity contribution in [3.63, 3.8) is 0 Å². The lowest BCUT2D eigenvalue weighted by molar-refractivity contribution is 0.104. The Morgan fingerprint density at radius 1 is 1.20 bits per heavy atom. The molecule has 1 aliphatic heterocycles. The van der Waals surface area contributed by atoms with Gasteiger partial charge in [-0.15, -0.1) is 0 Å². The average molecular weight is 402 g/mol. The Balaban J connectivity index is 1.78. The lowest BCUT2D eigenvalue weighted by Crippen LogP contribution is -2.36. The lowest BCUT2D eigenvalue weighted by atomic mass is 10.1. The number of anilines is 1. The van der Waals surface area contributed by atoms with Gasteiger partial charge in [0.2, 0.25) is 0 Å². The Bertz CT molecular complexity index is 782. The number of carbonyl (C=O) groups excluding carboxylic acids is 1. The second kappa shape index (κ2) is 8.32. The van der Waals surface area contributed by atoms with Gasteiger partial charge in [0.1, 0.15) is 5.75 Å². The van der Waals surface area contributed by atoms with Crippen LogP contribution in [0, 0.1) is 0 Å². The van der Waals surface area contributed by atoms with Crippen molar-refractivity contribution in [3.8, 4) is 5.75 Å². The Kier molecular flexibility index (Phi) is 5.89. The number of hydrogen-bond acceptors (Lipinski definition) is 4. The first-order valence-electron chi connectivity index (χ1n) is 8.16. The van der Waals surface area contributed by atoms with E-state index in [4.69, 9.17) is 9.47 Å². The summed E-state index contributed by atoms with van der Waals surface area (Å²) in [5.74, 6) is 0.700. The van der Waals surface area contributed by atoms with E-state index in [0.717, 1.165) is 47.8 Å². The van der Waals surface area contributed by atoms with Gasteiger partial charge in [0, 0.05) is 34.4 Å². The van der Waals surface area contributed by atoms with E-state index in [2.05, 4.69) is 20.8 Å². The summed E-state index contributed by atoms with van der Waals surface area (Å²) < 4.78 is 11.7. The topological polar surface area (TPSA) is 38.8 Å². The summed E-state index contributed by atoms with van der Waals surface area (Å²) in [6.07, 6.45) is 3.37. The van der Waals surface area contributed by atoms with Crippen LogP contribution in [0.4, 0.5) is 5.69 Å². The fourth-order valence-electron chi connectivity index (χ4n) is 2.77. The van der Waals surface area contributed by atoms with Crippen LogP contribution < -0.4 is 9.64 Å². The van der Waals surface area contributed by atoms with Crippen LogP contribution >= 0.6 is 15.9 Å². The van der Waals surface area contributed by atoms with E-state index in [0.29, 0.717) is 5.56 Å². The predicted octanol–water partition coefficient (Wildman–Crippen LogP) is 4.19. The molecule has 1 aliphatic rings. The summed E-state index contributed by atoms with van der Waals surface area (Å²) in [7, 11) is 1.62. The number of methoxy groups -OCH3 is 1. The normalized spacial score (nSPS) is 14.7. The molecule has 0 N–H and O–H groups in total. The van der Waals surface area contributed by atoms with Gasteiger partial charge in [0.25, 0.3) is 0 Å². The van der Waals surface area contributed by atoms with E-state index < -0.39 is 0 Å². The number of hydrogen-bond donors (Lipinski definition) is 0. The maximum atomic E-state index is 12.6. The molecule has 0 bridgehead atoms. The van der Waals surface area contributed by atoms with E-state index in [-0.39, 0.29) is 5.78 Å². The Morgan fingerprint density at radius 3 is 2.76 bits per heavy atom. The molecule has 1 saturated heterocycles. The van der Waals surface area contributed by atoms with Crippen molar-refractivity contribution in [3.05, 3.63) is 64.1 Å². The molecule has 2 aromatic rings. The molecule has 5 heteroatoms. The third-order valence-corrected chi connectivity index (χ3v) is 4.61. The molecule has 1 fully saturated rings. The van der Waals surface area contributed by atoms with Gasteiger partial charge in [0.15, 0.2) is 5.78 Å². The number of benzene rings is 2. The number of morpholine rings is 1. The Labute approximate surface area is 156 Å². The highest BCUT2D eigenvalue weighted by Crippen LogP contribution is 2.24. The predicted molar refractivity (Wildman–Crippen MR) is 104 cm³/mol. The van der Waals surface area contributed by atoms with Gasteiger partial charge in [-0.2, -0.15) is 0 Å². The highest BCUT2D eigenvalue weighted by molar-refractivity contribution is 9.10. The fourth-order valence-corrected chi connectivity index (χ4v) is 3.15. The summed E-state index contributed by atoms with van der Waals surface area (Å²) in [5.41, 5.74) is 2.59. The average Bonchev–Trinajstić information content (AvgIpc) is 2.67. The van der Waals surface area contributed by atoms with Crippen LogP contribution in [-0.4, -0.2) is 39.2 Å². The highest BCUT2D eigenvalue weighted by atomic mass is 79.9. The van der Waals surface area contributed by atoms with Crippen LogP contribution in [0.3, 0.4) is 0 Å². The molecule has 1 heterocycles. The van der Waals surface area contributed by atoms with Crippen LogP contribution in [-0.2, 0) is 4.74 Å². The van der Waals surface area contributed by atoms with Crippen LogP contribution in [0.5, 0.6) is 5.75 Å². The van der Waals surface area contributed by atoms with E-state index in [9.17, 15) is 4.79 Å². The van der Waals surface area contributed by atoms with Crippen LogP contribution in [0.1, 0.15) is 15.9 Å². The molecule has 0 amide bonds. The van der Waals surface area contributed by atoms with Gasteiger partial charge in [-0.25, -0.2) is 0 Å². The van der Waals surface area contributed by atoms with E-state index in [1.165, 1.54) is 0 Å². The lowest BCUT2D eigenvalue weighted by Gasteiger charge is -2.29. The molecule has 0 spiro atoms. The van der Waals surface area contributed by atoms with Crippen LogP contribution in [0.25, 0.3) is 6.08 Å². The number of ketones is 1. The Hall–Kier alpha value is -2.11. The molecule has 130 valence electrons. The van der Waals surface area contributed by atoms with Crippen LogP contribution in [0.2, 0.25) is 0 Å². The fraction of sp³-hybridized carbons (Fsp3) is 0.250. The summed E-state index contributed by atoms with van der Waals surface area (Å²) in [6.45, 7) is 3.15. The van der Waals surface area contributed by atoms with Gasteiger partial charge in [0.05, 0.1) is 20.3 Å². The SMILES string of the molecule is COc1ccc(Br)cc1C=CC(=O)c1cccc(N2CCOCC2)c1. The van der Waals surface area contributed by atoms with Crippen molar-refractivity contribution >= 4 is 33.5 Å². The molecule has 25 heavy (non-hydrogen) atoms. The van der Waals surface area contributed by atoms with Crippen molar-refractivity contribution in [2.75, 3.05) is 38.3 Å². The van der Waals surface area contributed by atoms with Gasteiger partial charge >= 0.3 is 0 Å². The van der Waals surface area contributed by atoms with Crippen molar-refractivity contribution in [2.45, 2.75) is 0 Å². The largest absolute Gasteiger partial charge is 0.496 e. The first-order valence-corrected chi connectivity index (χ1v) is 8.95. The third-order valence-electron chi connectivity index (χ3n) is 4.11. The number of rotatable bonds is 5. The number of carbonyl (C=O) groups is 1. The molecule has 2 aromatic carbocycles. The molecule has 3 rings (SSSR count). The van der Waals surface area contributed by atoms with Gasteiger partial charge in [-0.1, -0.05) is 28.1 Å². The summed E-state index contributed by atoms with van der Waals surface area (Å²) in [5, 5.41) is 0.